The Morgan fingerprint density at radius 2 is 1.86 bits per heavy atom. The first-order valence-corrected chi connectivity index (χ1v) is 6.97. The van der Waals surface area contributed by atoms with Crippen LogP contribution in [0.4, 0.5) is 13.2 Å². The standard InChI is InChI=1S/C18H15F3/c1-2-11-3-7-14(17(20)9-11)13-5-4-12-6-8-16(19)18(21)15(12)10-13/h2-3,6-9,13H,1,4-5,10H2. The first-order chi connectivity index (χ1) is 10.1. The van der Waals surface area contributed by atoms with Crippen molar-refractivity contribution >= 4 is 6.08 Å². The summed E-state index contributed by atoms with van der Waals surface area (Å²) in [6.07, 6.45) is 3.30. The summed E-state index contributed by atoms with van der Waals surface area (Å²) in [5.41, 5.74) is 2.49. The highest BCUT2D eigenvalue weighted by molar-refractivity contribution is 5.48. The van der Waals surface area contributed by atoms with Crippen molar-refractivity contribution in [2.24, 2.45) is 0 Å². The van der Waals surface area contributed by atoms with Gasteiger partial charge in [0.2, 0.25) is 0 Å². The molecule has 2 aromatic carbocycles. The lowest BCUT2D eigenvalue weighted by Gasteiger charge is -2.26. The molecule has 0 saturated carbocycles. The van der Waals surface area contributed by atoms with Crippen molar-refractivity contribution in [1.82, 2.24) is 0 Å². The molecule has 3 rings (SSSR count). The van der Waals surface area contributed by atoms with Gasteiger partial charge in [0.15, 0.2) is 11.6 Å². The third-order valence-corrected chi connectivity index (χ3v) is 4.21. The molecule has 0 heterocycles. The molecule has 108 valence electrons. The molecule has 0 amide bonds. The molecule has 0 aliphatic heterocycles. The van der Waals surface area contributed by atoms with E-state index < -0.39 is 11.6 Å². The van der Waals surface area contributed by atoms with Crippen molar-refractivity contribution in [2.45, 2.75) is 25.2 Å². The van der Waals surface area contributed by atoms with Gasteiger partial charge in [0.1, 0.15) is 5.82 Å². The topological polar surface area (TPSA) is 0 Å². The van der Waals surface area contributed by atoms with E-state index in [0.29, 0.717) is 29.5 Å². The molecule has 21 heavy (non-hydrogen) atoms. The Hall–Kier alpha value is -2.03. The normalized spacial score (nSPS) is 17.4. The fourth-order valence-corrected chi connectivity index (χ4v) is 3.03. The summed E-state index contributed by atoms with van der Waals surface area (Å²) < 4.78 is 41.4. The van der Waals surface area contributed by atoms with Gasteiger partial charge in [-0.1, -0.05) is 30.9 Å². The molecule has 0 fully saturated rings. The Labute approximate surface area is 121 Å². The second-order valence-corrected chi connectivity index (χ2v) is 5.42. The SMILES string of the molecule is C=Cc1ccc(C2CCc3ccc(F)c(F)c3C2)c(F)c1. The number of halogens is 3. The smallest absolute Gasteiger partial charge is 0.162 e. The molecule has 0 bridgehead atoms. The molecule has 0 N–H and O–H groups in total. The highest BCUT2D eigenvalue weighted by atomic mass is 19.2. The predicted molar refractivity (Wildman–Crippen MR) is 77.6 cm³/mol. The van der Waals surface area contributed by atoms with Crippen LogP contribution in [-0.2, 0) is 12.8 Å². The Balaban J connectivity index is 1.96. The van der Waals surface area contributed by atoms with Crippen LogP contribution in [0.5, 0.6) is 0 Å². The van der Waals surface area contributed by atoms with Crippen molar-refractivity contribution < 1.29 is 13.2 Å². The van der Waals surface area contributed by atoms with E-state index in [1.165, 1.54) is 6.07 Å². The van der Waals surface area contributed by atoms with Crippen LogP contribution in [0.15, 0.2) is 36.9 Å². The Morgan fingerprint density at radius 3 is 2.57 bits per heavy atom. The quantitative estimate of drug-likeness (QED) is 0.728. The van der Waals surface area contributed by atoms with Crippen LogP contribution in [0.25, 0.3) is 6.08 Å². The zero-order valence-corrected chi connectivity index (χ0v) is 11.5. The molecule has 1 unspecified atom stereocenters. The van der Waals surface area contributed by atoms with Crippen LogP contribution in [0, 0.1) is 17.5 Å². The first kappa shape index (κ1) is 13.9. The van der Waals surface area contributed by atoms with E-state index in [-0.39, 0.29) is 11.7 Å². The van der Waals surface area contributed by atoms with Crippen molar-refractivity contribution in [3.63, 3.8) is 0 Å². The lowest BCUT2D eigenvalue weighted by molar-refractivity contribution is 0.470. The van der Waals surface area contributed by atoms with Crippen LogP contribution < -0.4 is 0 Å². The number of benzene rings is 2. The van der Waals surface area contributed by atoms with Gasteiger partial charge in [0.25, 0.3) is 0 Å². The summed E-state index contributed by atoms with van der Waals surface area (Å²) in [6, 6.07) is 7.73. The Bertz CT molecular complexity index is 704. The number of fused-ring (bicyclic) bond motifs is 1. The maximum Gasteiger partial charge on any atom is 0.162 e. The number of rotatable bonds is 2. The average molecular weight is 288 g/mol. The van der Waals surface area contributed by atoms with E-state index in [4.69, 9.17) is 0 Å². The number of aryl methyl sites for hydroxylation is 1. The van der Waals surface area contributed by atoms with Gasteiger partial charge in [0.05, 0.1) is 0 Å². The summed E-state index contributed by atoms with van der Waals surface area (Å²) >= 11 is 0. The van der Waals surface area contributed by atoms with Crippen LogP contribution in [0.3, 0.4) is 0 Å². The Kier molecular flexibility index (Phi) is 3.58. The largest absolute Gasteiger partial charge is 0.207 e. The lowest BCUT2D eigenvalue weighted by Crippen LogP contribution is -2.16. The summed E-state index contributed by atoms with van der Waals surface area (Å²) in [4.78, 5) is 0. The zero-order valence-electron chi connectivity index (χ0n) is 11.5. The average Bonchev–Trinajstić information content (AvgIpc) is 2.50. The fraction of sp³-hybridized carbons (Fsp3) is 0.222. The highest BCUT2D eigenvalue weighted by Crippen LogP contribution is 2.35. The summed E-state index contributed by atoms with van der Waals surface area (Å²) in [7, 11) is 0. The molecule has 2 aromatic rings. The maximum atomic E-state index is 14.2. The van der Waals surface area contributed by atoms with Gasteiger partial charge in [-0.05, 0) is 59.6 Å². The fourth-order valence-electron chi connectivity index (χ4n) is 3.03. The number of hydrogen-bond donors (Lipinski definition) is 0. The third-order valence-electron chi connectivity index (χ3n) is 4.21. The van der Waals surface area contributed by atoms with E-state index in [0.717, 1.165) is 18.1 Å². The minimum absolute atomic E-state index is 0.118. The lowest BCUT2D eigenvalue weighted by atomic mass is 9.79. The van der Waals surface area contributed by atoms with Crippen LogP contribution >= 0.6 is 0 Å². The van der Waals surface area contributed by atoms with Crippen molar-refractivity contribution in [3.05, 3.63) is 76.6 Å². The molecule has 0 nitrogen and oxygen atoms in total. The zero-order chi connectivity index (χ0) is 15.0. The van der Waals surface area contributed by atoms with E-state index in [1.807, 2.05) is 0 Å². The van der Waals surface area contributed by atoms with Gasteiger partial charge < -0.3 is 0 Å². The Morgan fingerprint density at radius 1 is 1.05 bits per heavy atom. The molecule has 0 aromatic heterocycles. The van der Waals surface area contributed by atoms with E-state index in [9.17, 15) is 13.2 Å². The summed E-state index contributed by atoms with van der Waals surface area (Å²) in [6.45, 7) is 3.61. The van der Waals surface area contributed by atoms with Crippen molar-refractivity contribution in [1.29, 1.82) is 0 Å². The second-order valence-electron chi connectivity index (χ2n) is 5.42. The molecule has 0 radical (unpaired) electrons. The minimum Gasteiger partial charge on any atom is -0.207 e. The van der Waals surface area contributed by atoms with Gasteiger partial charge in [-0.25, -0.2) is 13.2 Å². The summed E-state index contributed by atoms with van der Waals surface area (Å²) in [5.74, 6) is -2.05. The van der Waals surface area contributed by atoms with Gasteiger partial charge in [-0.2, -0.15) is 0 Å². The third kappa shape index (κ3) is 2.48. The predicted octanol–water partition coefficient (Wildman–Crippen LogP) is 5.02. The van der Waals surface area contributed by atoms with E-state index in [1.54, 1.807) is 24.3 Å². The number of hydrogen-bond acceptors (Lipinski definition) is 0. The van der Waals surface area contributed by atoms with Gasteiger partial charge in [-0.3, -0.25) is 0 Å². The van der Waals surface area contributed by atoms with Crippen LogP contribution in [0.1, 0.15) is 34.6 Å². The molecule has 1 atom stereocenters. The van der Waals surface area contributed by atoms with E-state index >= 15 is 0 Å². The van der Waals surface area contributed by atoms with Gasteiger partial charge in [-0.15, -0.1) is 0 Å². The highest BCUT2D eigenvalue weighted by Gasteiger charge is 2.26. The monoisotopic (exact) mass is 288 g/mol. The second kappa shape index (κ2) is 5.40. The van der Waals surface area contributed by atoms with Crippen LogP contribution in [-0.4, -0.2) is 0 Å². The van der Waals surface area contributed by atoms with Crippen molar-refractivity contribution in [3.8, 4) is 0 Å². The minimum atomic E-state index is -0.836. The molecule has 1 aliphatic rings. The molecular weight excluding hydrogens is 273 g/mol. The summed E-state index contributed by atoms with van der Waals surface area (Å²) in [5, 5.41) is 0. The molecule has 3 heteroatoms. The molecule has 1 aliphatic carbocycles. The van der Waals surface area contributed by atoms with Gasteiger partial charge in [0, 0.05) is 0 Å². The molecule has 0 spiro atoms. The van der Waals surface area contributed by atoms with Crippen LogP contribution in [0.2, 0.25) is 0 Å². The molecule has 0 saturated heterocycles. The molecular formula is C18H15F3. The first-order valence-electron chi connectivity index (χ1n) is 6.97. The van der Waals surface area contributed by atoms with E-state index in [2.05, 4.69) is 6.58 Å². The maximum absolute atomic E-state index is 14.2. The van der Waals surface area contributed by atoms with Crippen molar-refractivity contribution in [2.75, 3.05) is 0 Å². The van der Waals surface area contributed by atoms with Gasteiger partial charge >= 0.3 is 0 Å².